The van der Waals surface area contributed by atoms with Crippen LogP contribution in [0.3, 0.4) is 0 Å². The zero-order chi connectivity index (χ0) is 13.5. The van der Waals surface area contributed by atoms with Gasteiger partial charge in [0, 0.05) is 12.0 Å². The highest BCUT2D eigenvalue weighted by Gasteiger charge is 2.37. The van der Waals surface area contributed by atoms with Gasteiger partial charge in [0.05, 0.1) is 11.8 Å². The van der Waals surface area contributed by atoms with Crippen molar-refractivity contribution >= 4 is 5.71 Å². The largest absolute Gasteiger partial charge is 0.469 e. The van der Waals surface area contributed by atoms with Crippen molar-refractivity contribution < 1.29 is 4.74 Å². The smallest absolute Gasteiger partial charge is 0.185 e. The molecule has 0 aromatic heterocycles. The molecular weight excluding hydrogens is 248 g/mol. The Morgan fingerprint density at radius 3 is 2.65 bits per heavy atom. The van der Waals surface area contributed by atoms with Crippen LogP contribution >= 0.6 is 0 Å². The van der Waals surface area contributed by atoms with Crippen molar-refractivity contribution in [3.63, 3.8) is 0 Å². The second-order valence-corrected chi connectivity index (χ2v) is 5.27. The van der Waals surface area contributed by atoms with Gasteiger partial charge in [-0.3, -0.25) is 5.01 Å². The molecule has 3 heteroatoms. The van der Waals surface area contributed by atoms with Crippen molar-refractivity contribution in [2.75, 3.05) is 0 Å². The number of ether oxygens (including phenoxy) is 1. The first-order valence-electron chi connectivity index (χ1n) is 7.00. The Morgan fingerprint density at radius 2 is 1.80 bits per heavy atom. The third kappa shape index (κ3) is 1.70. The molecule has 0 amide bonds. The van der Waals surface area contributed by atoms with E-state index in [0.717, 1.165) is 17.9 Å². The Morgan fingerprint density at radius 1 is 1.05 bits per heavy atom. The van der Waals surface area contributed by atoms with Gasteiger partial charge in [0.2, 0.25) is 0 Å². The van der Waals surface area contributed by atoms with Crippen molar-refractivity contribution in [2.24, 2.45) is 5.10 Å². The average Bonchev–Trinajstić information content (AvgIpc) is 2.94. The number of para-hydroxylation sites is 1. The standard InChI is InChI=1S/C17H16N2O/c1-12-19-16(14-9-5-6-10-17(14)20-12)11-15(18-19)13-7-3-2-4-8-13/h2-10,12,16H,11H2,1H3/t12-,16-/m0/s1. The minimum Gasteiger partial charge on any atom is -0.469 e. The van der Waals surface area contributed by atoms with Crippen LogP contribution in [0.2, 0.25) is 0 Å². The summed E-state index contributed by atoms with van der Waals surface area (Å²) in [6.07, 6.45) is 0.922. The normalized spacial score (nSPS) is 23.6. The van der Waals surface area contributed by atoms with E-state index in [1.165, 1.54) is 11.1 Å². The van der Waals surface area contributed by atoms with Gasteiger partial charge in [-0.1, -0.05) is 48.5 Å². The summed E-state index contributed by atoms with van der Waals surface area (Å²) in [6, 6.07) is 19.0. The maximum Gasteiger partial charge on any atom is 0.185 e. The average molecular weight is 264 g/mol. The first-order valence-corrected chi connectivity index (χ1v) is 7.00. The van der Waals surface area contributed by atoms with Crippen molar-refractivity contribution in [3.05, 3.63) is 65.7 Å². The van der Waals surface area contributed by atoms with Crippen LogP contribution < -0.4 is 4.74 Å². The molecule has 0 aliphatic carbocycles. The summed E-state index contributed by atoms with van der Waals surface area (Å²) in [7, 11) is 0. The van der Waals surface area contributed by atoms with E-state index in [1.807, 2.05) is 18.2 Å². The molecule has 20 heavy (non-hydrogen) atoms. The SMILES string of the molecule is C[C@@H]1Oc2ccccc2[C@@H]2CC(c3ccccc3)=NN12. The molecule has 2 aliphatic heterocycles. The second-order valence-electron chi connectivity index (χ2n) is 5.27. The van der Waals surface area contributed by atoms with E-state index in [9.17, 15) is 0 Å². The zero-order valence-corrected chi connectivity index (χ0v) is 11.4. The van der Waals surface area contributed by atoms with Gasteiger partial charge in [0.1, 0.15) is 5.75 Å². The monoisotopic (exact) mass is 264 g/mol. The van der Waals surface area contributed by atoms with Gasteiger partial charge in [-0.25, -0.2) is 0 Å². The number of hydrogen-bond acceptors (Lipinski definition) is 3. The van der Waals surface area contributed by atoms with Crippen molar-refractivity contribution in [3.8, 4) is 5.75 Å². The van der Waals surface area contributed by atoms with Crippen LogP contribution in [0.5, 0.6) is 5.75 Å². The van der Waals surface area contributed by atoms with Crippen LogP contribution in [0.25, 0.3) is 0 Å². The molecule has 0 spiro atoms. The quantitative estimate of drug-likeness (QED) is 0.786. The van der Waals surface area contributed by atoms with Gasteiger partial charge in [0.15, 0.2) is 6.23 Å². The van der Waals surface area contributed by atoms with Gasteiger partial charge >= 0.3 is 0 Å². The van der Waals surface area contributed by atoms with Crippen LogP contribution in [0.4, 0.5) is 0 Å². The number of fused-ring (bicyclic) bond motifs is 3. The van der Waals surface area contributed by atoms with Crippen molar-refractivity contribution in [2.45, 2.75) is 25.6 Å². The predicted octanol–water partition coefficient (Wildman–Crippen LogP) is 3.58. The lowest BCUT2D eigenvalue weighted by molar-refractivity contribution is -0.00334. The predicted molar refractivity (Wildman–Crippen MR) is 78.7 cm³/mol. The lowest BCUT2D eigenvalue weighted by atomic mass is 9.97. The molecule has 0 fully saturated rings. The van der Waals surface area contributed by atoms with Gasteiger partial charge in [0.25, 0.3) is 0 Å². The Bertz CT molecular complexity index is 666. The number of hydrazone groups is 1. The molecule has 3 nitrogen and oxygen atoms in total. The molecule has 2 aliphatic rings. The molecule has 0 bridgehead atoms. The third-order valence-electron chi connectivity index (χ3n) is 4.00. The van der Waals surface area contributed by atoms with Crippen LogP contribution in [0, 0.1) is 0 Å². The van der Waals surface area contributed by atoms with Crippen molar-refractivity contribution in [1.29, 1.82) is 0 Å². The Balaban J connectivity index is 1.74. The maximum atomic E-state index is 5.95. The first-order chi connectivity index (χ1) is 9.83. The molecule has 0 unspecified atom stereocenters. The van der Waals surface area contributed by atoms with E-state index in [0.29, 0.717) is 6.04 Å². The van der Waals surface area contributed by atoms with Crippen molar-refractivity contribution in [1.82, 2.24) is 5.01 Å². The van der Waals surface area contributed by atoms with Gasteiger partial charge in [-0.05, 0) is 18.6 Å². The summed E-state index contributed by atoms with van der Waals surface area (Å²) in [6.45, 7) is 2.06. The molecule has 100 valence electrons. The summed E-state index contributed by atoms with van der Waals surface area (Å²) < 4.78 is 5.95. The molecule has 0 radical (unpaired) electrons. The number of rotatable bonds is 1. The summed E-state index contributed by atoms with van der Waals surface area (Å²) in [4.78, 5) is 0. The highest BCUT2D eigenvalue weighted by atomic mass is 16.5. The molecule has 2 atom stereocenters. The Hall–Kier alpha value is -2.29. The first kappa shape index (κ1) is 11.5. The van der Waals surface area contributed by atoms with Crippen LogP contribution in [-0.2, 0) is 0 Å². The molecule has 2 heterocycles. The summed E-state index contributed by atoms with van der Waals surface area (Å²) >= 11 is 0. The Kier molecular flexibility index (Phi) is 2.52. The summed E-state index contributed by atoms with van der Waals surface area (Å²) in [5.74, 6) is 0.991. The van der Waals surface area contributed by atoms with Crippen LogP contribution in [0.1, 0.15) is 30.5 Å². The molecule has 4 rings (SSSR count). The summed E-state index contributed by atoms with van der Waals surface area (Å²) in [5.41, 5.74) is 3.58. The van der Waals surface area contributed by atoms with Gasteiger partial charge in [-0.15, -0.1) is 0 Å². The maximum absolute atomic E-state index is 5.95. The van der Waals surface area contributed by atoms with E-state index in [-0.39, 0.29) is 6.23 Å². The zero-order valence-electron chi connectivity index (χ0n) is 11.4. The highest BCUT2D eigenvalue weighted by Crippen LogP contribution is 2.42. The number of nitrogens with zero attached hydrogens (tertiary/aromatic N) is 2. The highest BCUT2D eigenvalue weighted by molar-refractivity contribution is 6.01. The number of benzene rings is 2. The van der Waals surface area contributed by atoms with E-state index in [2.05, 4.69) is 48.3 Å². The second kappa shape index (κ2) is 4.37. The molecule has 0 saturated carbocycles. The molecule has 0 saturated heterocycles. The van der Waals surface area contributed by atoms with Crippen LogP contribution in [-0.4, -0.2) is 16.9 Å². The molecule has 2 aromatic carbocycles. The van der Waals surface area contributed by atoms with E-state index >= 15 is 0 Å². The fraction of sp³-hybridized carbons (Fsp3) is 0.235. The van der Waals surface area contributed by atoms with Crippen LogP contribution in [0.15, 0.2) is 59.7 Å². The van der Waals surface area contributed by atoms with E-state index in [1.54, 1.807) is 0 Å². The topological polar surface area (TPSA) is 24.8 Å². The molecule has 2 aromatic rings. The Labute approximate surface area is 118 Å². The van der Waals surface area contributed by atoms with Gasteiger partial charge in [-0.2, -0.15) is 5.10 Å². The minimum atomic E-state index is -0.0175. The summed E-state index contributed by atoms with van der Waals surface area (Å²) in [5, 5.41) is 6.87. The van der Waals surface area contributed by atoms with E-state index < -0.39 is 0 Å². The number of hydrogen-bond donors (Lipinski definition) is 0. The van der Waals surface area contributed by atoms with Gasteiger partial charge < -0.3 is 4.74 Å². The molecule has 0 N–H and O–H groups in total. The fourth-order valence-corrected chi connectivity index (χ4v) is 3.02. The lowest BCUT2D eigenvalue weighted by Crippen LogP contribution is -2.37. The third-order valence-corrected chi connectivity index (χ3v) is 4.00. The van der Waals surface area contributed by atoms with E-state index in [4.69, 9.17) is 9.84 Å². The minimum absolute atomic E-state index is 0.0175. The molecular formula is C17H16N2O. The fourth-order valence-electron chi connectivity index (χ4n) is 3.02. The lowest BCUT2D eigenvalue weighted by Gasteiger charge is -2.36.